The predicted molar refractivity (Wildman–Crippen MR) is 282 cm³/mol. The number of carboxylic acids is 1. The quantitative estimate of drug-likeness (QED) is 0.0519. The number of ether oxygens (including phenoxy) is 6. The summed E-state index contributed by atoms with van der Waals surface area (Å²) in [6.07, 6.45) is -12.0. The van der Waals surface area contributed by atoms with Gasteiger partial charge in [-0.15, -0.1) is 0 Å². The number of benzene rings is 3. The van der Waals surface area contributed by atoms with E-state index in [0.29, 0.717) is 0 Å². The van der Waals surface area contributed by atoms with E-state index in [0.717, 1.165) is 13.8 Å². The van der Waals surface area contributed by atoms with Crippen molar-refractivity contribution in [3.05, 3.63) is 119 Å². The largest absolute Gasteiger partial charge is 0.480 e. The van der Waals surface area contributed by atoms with E-state index in [-0.39, 0.29) is 66.0 Å². The molecule has 0 aromatic heterocycles. The van der Waals surface area contributed by atoms with Crippen molar-refractivity contribution in [2.75, 3.05) is 6.61 Å². The lowest BCUT2D eigenvalue weighted by atomic mass is 9.44. The Hall–Kier alpha value is -7.33. The minimum absolute atomic E-state index is 0.00931. The van der Waals surface area contributed by atoms with Gasteiger partial charge in [-0.05, 0) is 80.0 Å². The van der Waals surface area contributed by atoms with Gasteiger partial charge in [0, 0.05) is 44.1 Å². The molecule has 7 N–H and O–H groups in total. The molecule has 2 saturated carbocycles. The molecule has 80 heavy (non-hydrogen) atoms. The molecule has 1 heterocycles. The van der Waals surface area contributed by atoms with Gasteiger partial charge in [0.2, 0.25) is 12.0 Å². The molecule has 2 amide bonds. The first-order valence-corrected chi connectivity index (χ1v) is 26.7. The van der Waals surface area contributed by atoms with Crippen molar-refractivity contribution in [2.24, 2.45) is 28.4 Å². The summed E-state index contributed by atoms with van der Waals surface area (Å²) < 4.78 is 36.9. The summed E-state index contributed by atoms with van der Waals surface area (Å²) in [5.74, 6) is -10.5. The van der Waals surface area contributed by atoms with Gasteiger partial charge in [-0.1, -0.05) is 94.4 Å². The molecule has 13 atom stereocenters. The Morgan fingerprint density at radius 3 is 1.98 bits per heavy atom. The van der Waals surface area contributed by atoms with Gasteiger partial charge >= 0.3 is 35.8 Å². The van der Waals surface area contributed by atoms with E-state index in [2.05, 4.69) is 10.6 Å². The first-order valence-electron chi connectivity index (χ1n) is 26.7. The van der Waals surface area contributed by atoms with Gasteiger partial charge in [-0.25, -0.2) is 14.4 Å². The van der Waals surface area contributed by atoms with E-state index < -0.39 is 149 Å². The molecule has 1 saturated heterocycles. The summed E-state index contributed by atoms with van der Waals surface area (Å²) in [5, 5.41) is 41.5. The summed E-state index contributed by atoms with van der Waals surface area (Å²) in [4.78, 5) is 126. The molecule has 3 aromatic rings. The number of carboxylic acid groups (broad SMARTS) is 1. The average molecular weight is 1110 g/mol. The van der Waals surface area contributed by atoms with Crippen LogP contribution in [-0.4, -0.2) is 135 Å². The Morgan fingerprint density at radius 2 is 1.43 bits per heavy atom. The van der Waals surface area contributed by atoms with E-state index >= 15 is 9.59 Å². The molecule has 430 valence electrons. The maximum atomic E-state index is 15.8. The van der Waals surface area contributed by atoms with Gasteiger partial charge in [0.25, 0.3) is 5.91 Å². The lowest BCUT2D eigenvalue weighted by molar-refractivity contribution is -0.346. The molecule has 21 heteroatoms. The van der Waals surface area contributed by atoms with E-state index in [4.69, 9.17) is 34.2 Å². The fourth-order valence-corrected chi connectivity index (χ4v) is 12.1. The van der Waals surface area contributed by atoms with Gasteiger partial charge in [-0.3, -0.25) is 28.8 Å². The smallest absolute Gasteiger partial charge is 0.350 e. The zero-order chi connectivity index (χ0) is 58.6. The van der Waals surface area contributed by atoms with E-state index in [1.54, 1.807) is 66.7 Å². The van der Waals surface area contributed by atoms with Crippen molar-refractivity contribution in [3.63, 3.8) is 0 Å². The van der Waals surface area contributed by atoms with Crippen LogP contribution in [0.15, 0.2) is 102 Å². The monoisotopic (exact) mass is 1110 g/mol. The van der Waals surface area contributed by atoms with Crippen molar-refractivity contribution in [3.8, 4) is 0 Å². The third-order valence-corrected chi connectivity index (χ3v) is 16.3. The minimum Gasteiger partial charge on any atom is -0.480 e. The Kier molecular flexibility index (Phi) is 18.2. The minimum atomic E-state index is -2.53. The van der Waals surface area contributed by atoms with Crippen LogP contribution in [0.25, 0.3) is 0 Å². The topological polar surface area (TPSA) is 320 Å². The summed E-state index contributed by atoms with van der Waals surface area (Å²) in [6.45, 7) is 11.3. The maximum Gasteiger partial charge on any atom is 0.350 e. The molecule has 3 aliphatic carbocycles. The number of nitrogens with one attached hydrogen (secondary N) is 2. The van der Waals surface area contributed by atoms with Crippen LogP contribution in [0.3, 0.4) is 0 Å². The van der Waals surface area contributed by atoms with Crippen LogP contribution in [-0.2, 0) is 62.0 Å². The molecule has 21 nitrogen and oxygen atoms in total. The number of amides is 2. The van der Waals surface area contributed by atoms with Gasteiger partial charge in [0.15, 0.2) is 17.5 Å². The van der Waals surface area contributed by atoms with Crippen LogP contribution in [0.2, 0.25) is 0 Å². The molecule has 4 aliphatic rings. The predicted octanol–water partition coefficient (Wildman–Crippen LogP) is 4.40. The van der Waals surface area contributed by atoms with Crippen LogP contribution >= 0.6 is 0 Å². The molecule has 3 unspecified atom stereocenters. The highest BCUT2D eigenvalue weighted by molar-refractivity contribution is 5.96. The molecule has 3 aromatic carbocycles. The highest BCUT2D eigenvalue weighted by atomic mass is 16.6. The summed E-state index contributed by atoms with van der Waals surface area (Å²) in [7, 11) is 0. The Balaban J connectivity index is 1.35. The number of carbonyl (C=O) groups excluding carboxylic acids is 8. The van der Waals surface area contributed by atoms with Crippen LogP contribution in [0.4, 0.5) is 0 Å². The van der Waals surface area contributed by atoms with Gasteiger partial charge < -0.3 is 60.1 Å². The zero-order valence-corrected chi connectivity index (χ0v) is 46.0. The highest BCUT2D eigenvalue weighted by Crippen LogP contribution is 2.64. The normalized spacial score (nSPS) is 28.0. The van der Waals surface area contributed by atoms with Gasteiger partial charge in [0.05, 0.1) is 35.6 Å². The third kappa shape index (κ3) is 11.9. The molecule has 0 radical (unpaired) electrons. The molecule has 2 bridgehead atoms. The van der Waals surface area contributed by atoms with E-state index in [9.17, 15) is 48.9 Å². The van der Waals surface area contributed by atoms with Crippen molar-refractivity contribution in [2.45, 2.75) is 160 Å². The highest BCUT2D eigenvalue weighted by Gasteiger charge is 2.78. The number of aliphatic hydroxyl groups is 2. The van der Waals surface area contributed by atoms with E-state index in [1.165, 1.54) is 52.0 Å². The number of fused-ring (bicyclic) bond motifs is 5. The van der Waals surface area contributed by atoms with Crippen molar-refractivity contribution in [1.82, 2.24) is 10.6 Å². The molecular formula is C59H71N3O18. The van der Waals surface area contributed by atoms with Crippen LogP contribution < -0.4 is 16.4 Å². The number of aliphatic hydroxyl groups excluding tert-OH is 1. The maximum absolute atomic E-state index is 15.8. The number of aliphatic carboxylic acids is 1. The molecule has 7 rings (SSSR count). The first kappa shape index (κ1) is 60.3. The average Bonchev–Trinajstić information content (AvgIpc) is 3.60. The van der Waals surface area contributed by atoms with E-state index in [1.807, 2.05) is 13.8 Å². The summed E-state index contributed by atoms with van der Waals surface area (Å²) >= 11 is 0. The Bertz CT molecular complexity index is 2880. The third-order valence-electron chi connectivity index (χ3n) is 16.3. The first-order chi connectivity index (χ1) is 37.7. The van der Waals surface area contributed by atoms with Crippen molar-refractivity contribution >= 4 is 53.4 Å². The number of hydrogen-bond acceptors (Lipinski definition) is 18. The van der Waals surface area contributed by atoms with Gasteiger partial charge in [-0.2, -0.15) is 0 Å². The number of carbonyl (C=O) groups is 9. The lowest BCUT2D eigenvalue weighted by Gasteiger charge is -2.67. The Labute approximate surface area is 463 Å². The number of esters is 5. The van der Waals surface area contributed by atoms with Crippen LogP contribution in [0.1, 0.15) is 126 Å². The zero-order valence-electron chi connectivity index (χ0n) is 46.0. The fourth-order valence-electron chi connectivity index (χ4n) is 12.1. The second-order valence-electron chi connectivity index (χ2n) is 22.3. The Morgan fingerprint density at radius 1 is 0.825 bits per heavy atom. The second kappa shape index (κ2) is 24.2. The number of Topliss-reactive ketones (excluding diaryl/α,β-unsaturated/α-hetero) is 1. The fraction of sp³-hybridized carbons (Fsp3) is 0.508. The molecule has 3 fully saturated rings. The number of hydrogen-bond donors (Lipinski definition) is 6. The number of ketones is 1. The second-order valence-corrected chi connectivity index (χ2v) is 22.3. The van der Waals surface area contributed by atoms with Gasteiger partial charge in [0.1, 0.15) is 36.0 Å². The lowest BCUT2D eigenvalue weighted by Crippen LogP contribution is -2.82. The van der Waals surface area contributed by atoms with Crippen LogP contribution in [0.5, 0.6) is 0 Å². The van der Waals surface area contributed by atoms with Crippen molar-refractivity contribution < 1.29 is 86.9 Å². The molecule has 0 spiro atoms. The standard InChI is InChI=1S/C59H71N3O18/c1-31(2)27-38(60)52(69)61-39(53(70)71)25-18-26-43(66)78-47(45(35-19-12-9-13-20-35)62-51(68)36-21-14-10-15-22-36)55(73)77-40-29-59(74)50(79-54(72)37-23-16-11-17-24-37)48-57(8,41(65)28-42-58(48,30-75-42)80-34(5)64)49(67)46(76-33(4)63)44(32(40)3)56(59,6)7/h9-17,19-24,31,38-42,45-48,50,65,74H,18,25-30,60H2,1-8H3,(H,61,69)(H,62,68)(H,70,71)/t38-,39-,40?,41-,42+,45-,46+,47+,48?,50?,57+,58-,59+/m0/s1. The van der Waals surface area contributed by atoms with Crippen LogP contribution in [0, 0.1) is 22.7 Å². The summed E-state index contributed by atoms with van der Waals surface area (Å²) in [5.41, 5.74) is -1.95. The SMILES string of the molecule is CC(=O)O[C@H]1C(=O)[C@@]2(C)C(C(OC(=O)c3ccccc3)[C@]3(O)CC(OC(=O)[C@H](OC(=O)CCC[C@H](NC(=O)[C@@H](N)CC(C)C)C(=O)O)[C@@H](NC(=O)c4ccccc4)c4ccccc4)C(C)=C1C3(C)C)[C@]1(OC(C)=O)CO[C@@H]1C[C@@H]2O. The number of rotatable bonds is 20. The number of nitrogens with two attached hydrogens (primary N) is 1. The van der Waals surface area contributed by atoms with Crippen molar-refractivity contribution in [1.29, 1.82) is 0 Å². The summed E-state index contributed by atoms with van der Waals surface area (Å²) in [6, 6.07) is 19.6. The molecular weight excluding hydrogens is 1040 g/mol. The molecule has 1 aliphatic heterocycles.